The summed E-state index contributed by atoms with van der Waals surface area (Å²) < 4.78 is 0. The third-order valence-electron chi connectivity index (χ3n) is 6.27. The molecule has 0 saturated heterocycles. The van der Waals surface area contributed by atoms with Crippen molar-refractivity contribution >= 4 is 5.91 Å². The van der Waals surface area contributed by atoms with Gasteiger partial charge in [0.2, 0.25) is 5.91 Å². The molecule has 0 aliphatic rings. The highest BCUT2D eigenvalue weighted by Crippen LogP contribution is 2.13. The molecular weight excluding hydrogens is 368 g/mol. The Kier molecular flexibility index (Phi) is 24.2. The Labute approximate surface area is 189 Å². The van der Waals surface area contributed by atoms with Crippen molar-refractivity contribution in [2.45, 2.75) is 149 Å². The second-order valence-electron chi connectivity index (χ2n) is 9.28. The van der Waals surface area contributed by atoms with Gasteiger partial charge in [-0.15, -0.1) is 0 Å². The predicted octanol–water partition coefficient (Wildman–Crippen LogP) is 8.01. The molecule has 0 aromatic rings. The van der Waals surface area contributed by atoms with Crippen molar-refractivity contribution in [2.24, 2.45) is 5.73 Å². The minimum atomic E-state index is 0.268. The molecule has 2 N–H and O–H groups in total. The number of carbonyl (C=O) groups is 1. The molecule has 0 aliphatic heterocycles. The Balaban J connectivity index is 3.70. The number of carbonyl (C=O) groups excluding carboxylic acids is 1. The van der Waals surface area contributed by atoms with E-state index < -0.39 is 0 Å². The predicted molar refractivity (Wildman–Crippen MR) is 134 cm³/mol. The molecule has 0 unspecified atom stereocenters. The minimum Gasteiger partial charge on any atom is -0.343 e. The lowest BCUT2D eigenvalue weighted by molar-refractivity contribution is -0.131. The van der Waals surface area contributed by atoms with E-state index in [0.717, 1.165) is 25.9 Å². The van der Waals surface area contributed by atoms with Crippen molar-refractivity contribution in [1.82, 2.24) is 4.90 Å². The zero-order valence-corrected chi connectivity index (χ0v) is 20.9. The fraction of sp³-hybridized carbons (Fsp3) is 0.963. The van der Waals surface area contributed by atoms with Crippen molar-refractivity contribution in [2.75, 3.05) is 19.6 Å². The average Bonchev–Trinajstić information content (AvgIpc) is 2.75. The van der Waals surface area contributed by atoms with E-state index in [0.29, 0.717) is 13.0 Å². The molecule has 0 heterocycles. The first-order valence-electron chi connectivity index (χ1n) is 13.7. The third-order valence-corrected chi connectivity index (χ3v) is 6.27. The summed E-state index contributed by atoms with van der Waals surface area (Å²) in [7, 11) is 0. The van der Waals surface area contributed by atoms with Gasteiger partial charge in [-0.05, 0) is 12.8 Å². The Morgan fingerprint density at radius 2 is 0.833 bits per heavy atom. The highest BCUT2D eigenvalue weighted by atomic mass is 16.2. The van der Waals surface area contributed by atoms with Gasteiger partial charge in [0.15, 0.2) is 0 Å². The standard InChI is InChI=1S/C27H56N2O/c1-3-5-7-9-11-13-15-17-19-21-25-29(27(30)23-24-28)26-22-20-18-16-14-12-10-8-6-4-2/h3-26,28H2,1-2H3. The molecule has 0 rings (SSSR count). The molecule has 0 saturated carbocycles. The summed E-state index contributed by atoms with van der Waals surface area (Å²) in [6.07, 6.45) is 27.4. The quantitative estimate of drug-likeness (QED) is 0.159. The number of unbranched alkanes of at least 4 members (excludes halogenated alkanes) is 18. The number of rotatable bonds is 24. The van der Waals surface area contributed by atoms with E-state index in [9.17, 15) is 4.79 Å². The maximum atomic E-state index is 12.4. The van der Waals surface area contributed by atoms with E-state index in [2.05, 4.69) is 18.7 Å². The maximum absolute atomic E-state index is 12.4. The zero-order valence-electron chi connectivity index (χ0n) is 20.9. The minimum absolute atomic E-state index is 0.268. The fourth-order valence-electron chi connectivity index (χ4n) is 4.22. The Morgan fingerprint density at radius 1 is 0.533 bits per heavy atom. The van der Waals surface area contributed by atoms with Crippen LogP contribution < -0.4 is 5.73 Å². The Hall–Kier alpha value is -0.570. The number of hydrogen-bond donors (Lipinski definition) is 1. The average molecular weight is 425 g/mol. The monoisotopic (exact) mass is 424 g/mol. The largest absolute Gasteiger partial charge is 0.343 e. The van der Waals surface area contributed by atoms with Gasteiger partial charge < -0.3 is 10.6 Å². The molecule has 0 spiro atoms. The van der Waals surface area contributed by atoms with E-state index in [1.54, 1.807) is 0 Å². The Morgan fingerprint density at radius 3 is 1.13 bits per heavy atom. The van der Waals surface area contributed by atoms with Crippen molar-refractivity contribution in [3.8, 4) is 0 Å². The zero-order chi connectivity index (χ0) is 22.1. The van der Waals surface area contributed by atoms with Crippen molar-refractivity contribution < 1.29 is 4.79 Å². The second-order valence-corrected chi connectivity index (χ2v) is 9.28. The van der Waals surface area contributed by atoms with Crippen LogP contribution in [0.3, 0.4) is 0 Å². The summed E-state index contributed by atoms with van der Waals surface area (Å²) in [6, 6.07) is 0. The molecule has 3 heteroatoms. The van der Waals surface area contributed by atoms with Crippen LogP contribution in [0.4, 0.5) is 0 Å². The summed E-state index contributed by atoms with van der Waals surface area (Å²) >= 11 is 0. The first-order valence-corrected chi connectivity index (χ1v) is 13.7. The van der Waals surface area contributed by atoms with Gasteiger partial charge in [0.25, 0.3) is 0 Å². The van der Waals surface area contributed by atoms with E-state index in [4.69, 9.17) is 5.73 Å². The SMILES string of the molecule is CCCCCCCCCCCCN(CCCCCCCCCCCC)C(=O)CCN. The Bertz CT molecular complexity index is 322. The van der Waals surface area contributed by atoms with Gasteiger partial charge in [0, 0.05) is 26.1 Å². The van der Waals surface area contributed by atoms with E-state index in [-0.39, 0.29) is 5.91 Å². The van der Waals surface area contributed by atoms with Gasteiger partial charge >= 0.3 is 0 Å². The van der Waals surface area contributed by atoms with Crippen molar-refractivity contribution in [3.63, 3.8) is 0 Å². The highest BCUT2D eigenvalue weighted by Gasteiger charge is 2.11. The van der Waals surface area contributed by atoms with Crippen LogP contribution in [0.5, 0.6) is 0 Å². The number of hydrogen-bond acceptors (Lipinski definition) is 2. The highest BCUT2D eigenvalue weighted by molar-refractivity contribution is 5.76. The van der Waals surface area contributed by atoms with Crippen LogP contribution in [0.25, 0.3) is 0 Å². The normalized spacial score (nSPS) is 11.2. The van der Waals surface area contributed by atoms with Crippen molar-refractivity contribution in [1.29, 1.82) is 0 Å². The first kappa shape index (κ1) is 29.4. The number of nitrogens with two attached hydrogens (primary N) is 1. The van der Waals surface area contributed by atoms with E-state index in [1.807, 2.05) is 0 Å². The second kappa shape index (κ2) is 24.7. The van der Waals surface area contributed by atoms with Gasteiger partial charge in [-0.2, -0.15) is 0 Å². The molecule has 0 aliphatic carbocycles. The van der Waals surface area contributed by atoms with Gasteiger partial charge in [0.1, 0.15) is 0 Å². The topological polar surface area (TPSA) is 46.3 Å². The van der Waals surface area contributed by atoms with Crippen molar-refractivity contribution in [3.05, 3.63) is 0 Å². The summed E-state index contributed by atoms with van der Waals surface area (Å²) in [5, 5.41) is 0. The van der Waals surface area contributed by atoms with Crippen LogP contribution in [-0.4, -0.2) is 30.4 Å². The fourth-order valence-corrected chi connectivity index (χ4v) is 4.22. The molecule has 3 nitrogen and oxygen atoms in total. The molecule has 30 heavy (non-hydrogen) atoms. The van der Waals surface area contributed by atoms with Gasteiger partial charge in [-0.25, -0.2) is 0 Å². The molecule has 180 valence electrons. The number of amides is 1. The van der Waals surface area contributed by atoms with Gasteiger partial charge in [-0.3, -0.25) is 4.79 Å². The summed E-state index contributed by atoms with van der Waals surface area (Å²) in [5.41, 5.74) is 5.63. The van der Waals surface area contributed by atoms with Crippen LogP contribution >= 0.6 is 0 Å². The van der Waals surface area contributed by atoms with Crippen LogP contribution in [0.1, 0.15) is 149 Å². The lowest BCUT2D eigenvalue weighted by Crippen LogP contribution is -2.34. The third kappa shape index (κ3) is 20.7. The molecule has 0 aromatic heterocycles. The molecular formula is C27H56N2O. The van der Waals surface area contributed by atoms with Gasteiger partial charge in [0.05, 0.1) is 0 Å². The summed E-state index contributed by atoms with van der Waals surface area (Å²) in [4.78, 5) is 14.5. The molecule has 1 amide bonds. The van der Waals surface area contributed by atoms with Crippen LogP contribution in [0.2, 0.25) is 0 Å². The summed E-state index contributed by atoms with van der Waals surface area (Å²) in [5.74, 6) is 0.268. The smallest absolute Gasteiger partial charge is 0.223 e. The van der Waals surface area contributed by atoms with E-state index in [1.165, 1.54) is 116 Å². The van der Waals surface area contributed by atoms with E-state index >= 15 is 0 Å². The first-order chi connectivity index (χ1) is 14.8. The summed E-state index contributed by atoms with van der Waals surface area (Å²) in [6.45, 7) is 6.90. The van der Waals surface area contributed by atoms with Crippen LogP contribution in [0, 0.1) is 0 Å². The molecule has 0 radical (unpaired) electrons. The van der Waals surface area contributed by atoms with Crippen LogP contribution in [0.15, 0.2) is 0 Å². The molecule has 0 fully saturated rings. The maximum Gasteiger partial charge on any atom is 0.223 e. The lowest BCUT2D eigenvalue weighted by atomic mass is 10.1. The molecule has 0 atom stereocenters. The molecule has 0 bridgehead atoms. The van der Waals surface area contributed by atoms with Gasteiger partial charge in [-0.1, -0.05) is 129 Å². The number of nitrogens with zero attached hydrogens (tertiary/aromatic N) is 1. The van der Waals surface area contributed by atoms with Crippen LogP contribution in [-0.2, 0) is 4.79 Å². The molecule has 0 aromatic carbocycles. The lowest BCUT2D eigenvalue weighted by Gasteiger charge is -2.22.